The molecule has 0 aromatic heterocycles. The van der Waals surface area contributed by atoms with Gasteiger partial charge in [0.15, 0.2) is 0 Å². The molecular weight excluding hydrogens is 543 g/mol. The van der Waals surface area contributed by atoms with E-state index in [1.807, 2.05) is 31.2 Å². The number of anilines is 1. The standard InChI is InChI=1S/C34H42F3NO4/c1-2-40-33(39)17-10-5-3-4-6-13-25-41-32-23-20-29(28-18-21-30(22-19-28)42-34(35,36)37)26-31(32)38-24-12-11-16-27-14-8-7-9-15-27/h7-9,14-15,18-23,26,38H,2-6,10-13,16-17,24-25H2,1H3. The van der Waals surface area contributed by atoms with Crippen molar-refractivity contribution in [3.8, 4) is 22.6 Å². The normalized spacial score (nSPS) is 11.2. The first kappa shape index (κ1) is 32.8. The van der Waals surface area contributed by atoms with E-state index >= 15 is 0 Å². The largest absolute Gasteiger partial charge is 0.573 e. The third-order valence-corrected chi connectivity index (χ3v) is 6.79. The number of hydrogen-bond donors (Lipinski definition) is 1. The van der Waals surface area contributed by atoms with Crippen molar-refractivity contribution in [1.82, 2.24) is 0 Å². The van der Waals surface area contributed by atoms with Crippen LogP contribution in [0.5, 0.6) is 11.5 Å². The van der Waals surface area contributed by atoms with Gasteiger partial charge in [0.25, 0.3) is 0 Å². The summed E-state index contributed by atoms with van der Waals surface area (Å²) in [6.07, 6.45) is 4.84. The van der Waals surface area contributed by atoms with Gasteiger partial charge in [-0.25, -0.2) is 0 Å². The fourth-order valence-corrected chi connectivity index (χ4v) is 4.64. The number of alkyl halides is 3. The molecule has 0 unspecified atom stereocenters. The number of unbranched alkanes of at least 4 members (excludes halogenated alkanes) is 6. The molecule has 0 saturated heterocycles. The van der Waals surface area contributed by atoms with Gasteiger partial charge in [-0.3, -0.25) is 4.79 Å². The SMILES string of the molecule is CCOC(=O)CCCCCCCCOc1ccc(-c2ccc(OC(F)(F)F)cc2)cc1NCCCCc1ccccc1. The first-order valence-corrected chi connectivity index (χ1v) is 14.9. The van der Waals surface area contributed by atoms with Crippen molar-refractivity contribution in [3.63, 3.8) is 0 Å². The Bertz CT molecular complexity index is 1180. The van der Waals surface area contributed by atoms with E-state index in [-0.39, 0.29) is 11.7 Å². The number of esters is 1. The van der Waals surface area contributed by atoms with Gasteiger partial charge in [0.1, 0.15) is 11.5 Å². The Morgan fingerprint density at radius 2 is 1.48 bits per heavy atom. The predicted octanol–water partition coefficient (Wildman–Crippen LogP) is 9.36. The van der Waals surface area contributed by atoms with Crippen molar-refractivity contribution in [3.05, 3.63) is 78.4 Å². The van der Waals surface area contributed by atoms with Crippen molar-refractivity contribution >= 4 is 11.7 Å². The molecule has 3 aromatic rings. The molecule has 0 aliphatic heterocycles. The Morgan fingerprint density at radius 1 is 0.786 bits per heavy atom. The molecule has 0 amide bonds. The van der Waals surface area contributed by atoms with Crippen LogP contribution in [-0.4, -0.2) is 32.1 Å². The van der Waals surface area contributed by atoms with Gasteiger partial charge in [-0.05, 0) is 80.0 Å². The van der Waals surface area contributed by atoms with Gasteiger partial charge in [0, 0.05) is 13.0 Å². The second-order valence-corrected chi connectivity index (χ2v) is 10.2. The second kappa shape index (κ2) is 18.0. The van der Waals surface area contributed by atoms with Crippen LogP contribution in [0.3, 0.4) is 0 Å². The first-order valence-electron chi connectivity index (χ1n) is 14.9. The summed E-state index contributed by atoms with van der Waals surface area (Å²) < 4.78 is 52.7. The number of hydrogen-bond acceptors (Lipinski definition) is 5. The summed E-state index contributed by atoms with van der Waals surface area (Å²) in [5.41, 5.74) is 3.84. The lowest BCUT2D eigenvalue weighted by molar-refractivity contribution is -0.274. The zero-order chi connectivity index (χ0) is 30.0. The van der Waals surface area contributed by atoms with E-state index in [1.54, 1.807) is 12.1 Å². The van der Waals surface area contributed by atoms with Gasteiger partial charge in [0.2, 0.25) is 0 Å². The van der Waals surface area contributed by atoms with E-state index in [4.69, 9.17) is 9.47 Å². The number of aryl methyl sites for hydroxylation is 1. The third kappa shape index (κ3) is 12.9. The fourth-order valence-electron chi connectivity index (χ4n) is 4.64. The third-order valence-electron chi connectivity index (χ3n) is 6.79. The number of carbonyl (C=O) groups is 1. The Labute approximate surface area is 247 Å². The van der Waals surface area contributed by atoms with E-state index in [0.717, 1.165) is 86.9 Å². The van der Waals surface area contributed by atoms with Crippen LogP contribution >= 0.6 is 0 Å². The maximum atomic E-state index is 12.5. The predicted molar refractivity (Wildman–Crippen MR) is 161 cm³/mol. The summed E-state index contributed by atoms with van der Waals surface area (Å²) in [4.78, 5) is 11.4. The molecule has 228 valence electrons. The monoisotopic (exact) mass is 585 g/mol. The second-order valence-electron chi connectivity index (χ2n) is 10.2. The van der Waals surface area contributed by atoms with Crippen LogP contribution in [0.1, 0.15) is 70.3 Å². The van der Waals surface area contributed by atoms with Gasteiger partial charge in [0.05, 0.1) is 18.9 Å². The molecular formula is C34H42F3NO4. The number of rotatable bonds is 19. The van der Waals surface area contributed by atoms with E-state index in [0.29, 0.717) is 19.6 Å². The molecule has 0 aliphatic rings. The maximum absolute atomic E-state index is 12.5. The molecule has 0 saturated carbocycles. The van der Waals surface area contributed by atoms with Gasteiger partial charge in [-0.15, -0.1) is 13.2 Å². The molecule has 5 nitrogen and oxygen atoms in total. The van der Waals surface area contributed by atoms with Crippen LogP contribution in [0.2, 0.25) is 0 Å². The van der Waals surface area contributed by atoms with Crippen molar-refractivity contribution in [2.45, 2.75) is 77.5 Å². The quantitative estimate of drug-likeness (QED) is 0.112. The molecule has 1 N–H and O–H groups in total. The van der Waals surface area contributed by atoms with Crippen molar-refractivity contribution in [2.75, 3.05) is 25.1 Å². The molecule has 8 heteroatoms. The molecule has 0 atom stereocenters. The lowest BCUT2D eigenvalue weighted by Crippen LogP contribution is -2.16. The van der Waals surface area contributed by atoms with Crippen LogP contribution in [0.15, 0.2) is 72.8 Å². The van der Waals surface area contributed by atoms with E-state index in [9.17, 15) is 18.0 Å². The lowest BCUT2D eigenvalue weighted by Gasteiger charge is -2.16. The minimum absolute atomic E-state index is 0.120. The molecule has 0 bridgehead atoms. The molecule has 0 radical (unpaired) electrons. The summed E-state index contributed by atoms with van der Waals surface area (Å²) in [5.74, 6) is 0.389. The summed E-state index contributed by atoms with van der Waals surface area (Å²) in [6, 6.07) is 22.1. The topological polar surface area (TPSA) is 56.8 Å². The highest BCUT2D eigenvalue weighted by atomic mass is 19.4. The average molecular weight is 586 g/mol. The first-order chi connectivity index (χ1) is 20.3. The van der Waals surface area contributed by atoms with Gasteiger partial charge < -0.3 is 19.5 Å². The van der Waals surface area contributed by atoms with Crippen LogP contribution < -0.4 is 14.8 Å². The molecule has 3 aromatic carbocycles. The number of carbonyl (C=O) groups excluding carboxylic acids is 1. The van der Waals surface area contributed by atoms with Crippen molar-refractivity contribution < 1.29 is 32.2 Å². The Hall–Kier alpha value is -3.68. The van der Waals surface area contributed by atoms with Crippen LogP contribution in [0.4, 0.5) is 18.9 Å². The molecule has 0 fully saturated rings. The summed E-state index contributed by atoms with van der Waals surface area (Å²) in [6.45, 7) is 3.62. The molecule has 0 aliphatic carbocycles. The van der Waals surface area contributed by atoms with Gasteiger partial charge in [-0.2, -0.15) is 0 Å². The highest BCUT2D eigenvalue weighted by Crippen LogP contribution is 2.33. The van der Waals surface area contributed by atoms with Gasteiger partial charge >= 0.3 is 12.3 Å². The maximum Gasteiger partial charge on any atom is 0.573 e. The van der Waals surface area contributed by atoms with Crippen LogP contribution in [0.25, 0.3) is 11.1 Å². The minimum Gasteiger partial charge on any atom is -0.491 e. The number of ether oxygens (including phenoxy) is 3. The van der Waals surface area contributed by atoms with E-state index < -0.39 is 6.36 Å². The van der Waals surface area contributed by atoms with E-state index in [2.05, 4.69) is 34.3 Å². The number of benzene rings is 3. The number of nitrogens with one attached hydrogen (secondary N) is 1. The average Bonchev–Trinajstić information content (AvgIpc) is 2.97. The van der Waals surface area contributed by atoms with Crippen molar-refractivity contribution in [1.29, 1.82) is 0 Å². The van der Waals surface area contributed by atoms with E-state index in [1.165, 1.54) is 17.7 Å². The highest BCUT2D eigenvalue weighted by molar-refractivity contribution is 5.72. The molecule has 3 rings (SSSR count). The molecule has 0 spiro atoms. The highest BCUT2D eigenvalue weighted by Gasteiger charge is 2.31. The van der Waals surface area contributed by atoms with Gasteiger partial charge in [-0.1, -0.05) is 74.2 Å². The van der Waals surface area contributed by atoms with Crippen molar-refractivity contribution in [2.24, 2.45) is 0 Å². The Kier molecular flexibility index (Phi) is 14.1. The van der Waals surface area contributed by atoms with Crippen LogP contribution in [0, 0.1) is 0 Å². The summed E-state index contributed by atoms with van der Waals surface area (Å²) in [5, 5.41) is 3.51. The fraction of sp³-hybridized carbons (Fsp3) is 0.441. The zero-order valence-electron chi connectivity index (χ0n) is 24.4. The number of halogens is 3. The molecule has 0 heterocycles. The van der Waals surface area contributed by atoms with Crippen LogP contribution in [-0.2, 0) is 16.0 Å². The lowest BCUT2D eigenvalue weighted by atomic mass is 10.0. The zero-order valence-corrected chi connectivity index (χ0v) is 24.4. The molecule has 42 heavy (non-hydrogen) atoms. The summed E-state index contributed by atoms with van der Waals surface area (Å²) >= 11 is 0. The minimum atomic E-state index is -4.72. The summed E-state index contributed by atoms with van der Waals surface area (Å²) in [7, 11) is 0. The Morgan fingerprint density at radius 3 is 2.19 bits per heavy atom. The Balaban J connectivity index is 1.51. The smallest absolute Gasteiger partial charge is 0.491 e.